The molecular weight excluding hydrogens is 157 g/mol. The lowest BCUT2D eigenvalue weighted by Gasteiger charge is -1.96. The molecule has 1 aromatic heterocycles. The Kier molecular flexibility index (Phi) is 1.46. The zero-order chi connectivity index (χ0) is 8.55. The van der Waals surface area contributed by atoms with Crippen LogP contribution >= 0.6 is 0 Å². The van der Waals surface area contributed by atoms with Crippen LogP contribution in [0.2, 0.25) is 0 Å². The molecule has 0 saturated heterocycles. The number of halogens is 1. The van der Waals surface area contributed by atoms with Crippen LogP contribution in [0.25, 0.3) is 10.9 Å². The van der Waals surface area contributed by atoms with Crippen molar-refractivity contribution in [3.8, 4) is 0 Å². The van der Waals surface area contributed by atoms with Gasteiger partial charge in [0.15, 0.2) is 6.80 Å². The highest BCUT2D eigenvalue weighted by molar-refractivity contribution is 5.81. The molecule has 2 rings (SSSR count). The van der Waals surface area contributed by atoms with Crippen LogP contribution in [-0.4, -0.2) is 9.78 Å². The third-order valence-electron chi connectivity index (χ3n) is 1.78. The van der Waals surface area contributed by atoms with Gasteiger partial charge in [-0.2, -0.15) is 5.10 Å². The van der Waals surface area contributed by atoms with Gasteiger partial charge in [0.1, 0.15) is 0 Å². The second-order valence-electron chi connectivity index (χ2n) is 2.58. The zero-order valence-corrected chi connectivity index (χ0v) is 6.37. The van der Waals surface area contributed by atoms with E-state index in [0.29, 0.717) is 5.69 Å². The van der Waals surface area contributed by atoms with Crippen molar-refractivity contribution in [3.63, 3.8) is 0 Å². The van der Waals surface area contributed by atoms with Gasteiger partial charge in [-0.25, -0.2) is 9.07 Å². The van der Waals surface area contributed by atoms with E-state index in [0.717, 1.165) is 10.9 Å². The number of rotatable bonds is 1. The molecule has 0 aliphatic heterocycles. The summed E-state index contributed by atoms with van der Waals surface area (Å²) in [6.45, 7) is -0.604. The molecule has 1 aromatic carbocycles. The number of hydrogen-bond donors (Lipinski definition) is 1. The van der Waals surface area contributed by atoms with E-state index in [2.05, 4.69) is 5.10 Å². The zero-order valence-electron chi connectivity index (χ0n) is 6.37. The number of nitrogens with zero attached hydrogens (tertiary/aromatic N) is 2. The van der Waals surface area contributed by atoms with Gasteiger partial charge in [-0.15, -0.1) is 0 Å². The Morgan fingerprint density at radius 2 is 2.33 bits per heavy atom. The molecule has 0 bridgehead atoms. The summed E-state index contributed by atoms with van der Waals surface area (Å²) in [5.41, 5.74) is 6.98. The van der Waals surface area contributed by atoms with Crippen LogP contribution in [0.1, 0.15) is 0 Å². The van der Waals surface area contributed by atoms with Crippen molar-refractivity contribution >= 4 is 16.6 Å². The minimum atomic E-state index is -0.604. The maximum atomic E-state index is 12.3. The predicted octanol–water partition coefficient (Wildman–Crippen LogP) is 1.55. The average molecular weight is 165 g/mol. The quantitative estimate of drug-likeness (QED) is 0.651. The second-order valence-corrected chi connectivity index (χ2v) is 2.58. The van der Waals surface area contributed by atoms with Crippen molar-refractivity contribution in [1.29, 1.82) is 0 Å². The van der Waals surface area contributed by atoms with E-state index in [1.807, 2.05) is 0 Å². The first kappa shape index (κ1) is 7.09. The summed E-state index contributed by atoms with van der Waals surface area (Å²) >= 11 is 0. The maximum absolute atomic E-state index is 12.3. The van der Waals surface area contributed by atoms with Crippen LogP contribution in [0.5, 0.6) is 0 Å². The largest absolute Gasteiger partial charge is 0.399 e. The van der Waals surface area contributed by atoms with Gasteiger partial charge < -0.3 is 5.73 Å². The topological polar surface area (TPSA) is 43.8 Å². The number of nitrogen functional groups attached to an aromatic ring is 1. The van der Waals surface area contributed by atoms with Crippen LogP contribution in [0, 0.1) is 0 Å². The molecule has 1 heterocycles. The lowest BCUT2D eigenvalue weighted by Crippen LogP contribution is -1.93. The second kappa shape index (κ2) is 2.48. The predicted molar refractivity (Wildman–Crippen MR) is 45.3 cm³/mol. The monoisotopic (exact) mass is 165 g/mol. The van der Waals surface area contributed by atoms with E-state index in [9.17, 15) is 4.39 Å². The number of anilines is 1. The van der Waals surface area contributed by atoms with Gasteiger partial charge in [0.05, 0.1) is 11.7 Å². The molecule has 12 heavy (non-hydrogen) atoms. The highest BCUT2D eigenvalue weighted by Gasteiger charge is 2.00. The van der Waals surface area contributed by atoms with Crippen molar-refractivity contribution in [2.45, 2.75) is 6.80 Å². The van der Waals surface area contributed by atoms with E-state index in [1.165, 1.54) is 4.68 Å². The number of aromatic nitrogens is 2. The summed E-state index contributed by atoms with van der Waals surface area (Å²) in [6.07, 6.45) is 1.60. The van der Waals surface area contributed by atoms with E-state index >= 15 is 0 Å². The van der Waals surface area contributed by atoms with Gasteiger partial charge >= 0.3 is 0 Å². The van der Waals surface area contributed by atoms with Crippen molar-refractivity contribution in [3.05, 3.63) is 24.4 Å². The van der Waals surface area contributed by atoms with Gasteiger partial charge in [-0.3, -0.25) is 0 Å². The van der Waals surface area contributed by atoms with E-state index in [1.54, 1.807) is 24.4 Å². The Morgan fingerprint density at radius 1 is 1.50 bits per heavy atom. The number of hydrogen-bond acceptors (Lipinski definition) is 2. The van der Waals surface area contributed by atoms with E-state index < -0.39 is 6.80 Å². The smallest absolute Gasteiger partial charge is 0.182 e. The Balaban J connectivity index is 2.73. The molecular formula is C8H8FN3. The molecule has 0 atom stereocenters. The number of benzene rings is 1. The molecule has 0 aliphatic carbocycles. The van der Waals surface area contributed by atoms with Crippen LogP contribution in [0.3, 0.4) is 0 Å². The molecule has 0 unspecified atom stereocenters. The number of nitrogens with two attached hydrogens (primary N) is 1. The number of fused-ring (bicyclic) bond motifs is 1. The highest BCUT2D eigenvalue weighted by atomic mass is 19.1. The first-order valence-electron chi connectivity index (χ1n) is 3.58. The minimum Gasteiger partial charge on any atom is -0.399 e. The van der Waals surface area contributed by atoms with Crippen LogP contribution in [0.4, 0.5) is 10.1 Å². The summed E-state index contributed by atoms with van der Waals surface area (Å²) in [4.78, 5) is 0. The SMILES string of the molecule is Nc1ccc2c(cnn2CF)c1. The third kappa shape index (κ3) is 0.922. The molecule has 2 aromatic rings. The van der Waals surface area contributed by atoms with Gasteiger partial charge in [0.2, 0.25) is 0 Å². The lowest BCUT2D eigenvalue weighted by molar-refractivity contribution is 0.358. The fraction of sp³-hybridized carbons (Fsp3) is 0.125. The molecule has 0 spiro atoms. The standard InChI is InChI=1S/C8H8FN3/c9-5-12-8-2-1-7(10)3-6(8)4-11-12/h1-4H,5,10H2. The summed E-state index contributed by atoms with van der Waals surface area (Å²) in [6, 6.07) is 5.27. The molecule has 0 fully saturated rings. The molecule has 2 N–H and O–H groups in total. The molecule has 0 aliphatic rings. The molecule has 62 valence electrons. The highest BCUT2D eigenvalue weighted by Crippen LogP contribution is 2.16. The number of alkyl halides is 1. The van der Waals surface area contributed by atoms with Crippen molar-refractivity contribution in [2.75, 3.05) is 5.73 Å². The minimum absolute atomic E-state index is 0.604. The van der Waals surface area contributed by atoms with Crippen molar-refractivity contribution in [2.24, 2.45) is 0 Å². The van der Waals surface area contributed by atoms with Crippen molar-refractivity contribution < 1.29 is 4.39 Å². The maximum Gasteiger partial charge on any atom is 0.182 e. The van der Waals surface area contributed by atoms with Gasteiger partial charge in [0, 0.05) is 11.1 Å². The first-order valence-corrected chi connectivity index (χ1v) is 3.58. The lowest BCUT2D eigenvalue weighted by atomic mass is 10.2. The van der Waals surface area contributed by atoms with Crippen molar-refractivity contribution in [1.82, 2.24) is 9.78 Å². The summed E-state index contributed by atoms with van der Waals surface area (Å²) in [5, 5.41) is 4.71. The summed E-state index contributed by atoms with van der Waals surface area (Å²) in [7, 11) is 0. The van der Waals surface area contributed by atoms with Gasteiger partial charge in [0.25, 0.3) is 0 Å². The van der Waals surface area contributed by atoms with Crippen LogP contribution in [0.15, 0.2) is 24.4 Å². The Morgan fingerprint density at radius 3 is 3.08 bits per heavy atom. The summed E-state index contributed by atoms with van der Waals surface area (Å²) in [5.74, 6) is 0. The van der Waals surface area contributed by atoms with Gasteiger partial charge in [-0.1, -0.05) is 0 Å². The van der Waals surface area contributed by atoms with Crippen LogP contribution in [-0.2, 0) is 6.80 Å². The first-order chi connectivity index (χ1) is 5.81. The average Bonchev–Trinajstić information content (AvgIpc) is 2.46. The molecule has 3 nitrogen and oxygen atoms in total. The van der Waals surface area contributed by atoms with E-state index in [-0.39, 0.29) is 0 Å². The normalized spacial score (nSPS) is 10.8. The molecule has 0 radical (unpaired) electrons. The fourth-order valence-electron chi connectivity index (χ4n) is 1.20. The molecule has 0 amide bonds. The fourth-order valence-corrected chi connectivity index (χ4v) is 1.20. The molecule has 0 saturated carbocycles. The van der Waals surface area contributed by atoms with E-state index in [4.69, 9.17) is 5.73 Å². The third-order valence-corrected chi connectivity index (χ3v) is 1.78. The Bertz CT molecular complexity index is 408. The Hall–Kier alpha value is -1.58. The summed E-state index contributed by atoms with van der Waals surface area (Å²) < 4.78 is 13.5. The Labute approximate surface area is 68.6 Å². The van der Waals surface area contributed by atoms with Gasteiger partial charge in [-0.05, 0) is 18.2 Å². The van der Waals surface area contributed by atoms with Crippen LogP contribution < -0.4 is 5.73 Å². The molecule has 4 heteroatoms.